The minimum Gasteiger partial charge on any atom is -0.329 e. The summed E-state index contributed by atoms with van der Waals surface area (Å²) in [6, 6.07) is 0. The van der Waals surface area contributed by atoms with E-state index in [4.69, 9.17) is 5.73 Å². The van der Waals surface area contributed by atoms with E-state index in [2.05, 4.69) is 46.6 Å². The lowest BCUT2D eigenvalue weighted by molar-refractivity contribution is 0.0745. The molecule has 1 aliphatic rings. The number of rotatable bonds is 4. The average Bonchev–Trinajstić information content (AvgIpc) is 2.35. The third-order valence-corrected chi connectivity index (χ3v) is 4.31. The highest BCUT2D eigenvalue weighted by molar-refractivity contribution is 5.05. The average molecular weight is 226 g/mol. The summed E-state index contributed by atoms with van der Waals surface area (Å²) in [4.78, 5) is 2.52. The van der Waals surface area contributed by atoms with Gasteiger partial charge in [-0.25, -0.2) is 0 Å². The highest BCUT2D eigenvalue weighted by Gasteiger charge is 2.49. The molecule has 1 aliphatic carbocycles. The third kappa shape index (κ3) is 2.60. The van der Waals surface area contributed by atoms with Gasteiger partial charge in [0.1, 0.15) is 0 Å². The van der Waals surface area contributed by atoms with Crippen molar-refractivity contribution >= 4 is 0 Å². The van der Waals surface area contributed by atoms with Crippen molar-refractivity contribution in [2.24, 2.45) is 23.0 Å². The molecular formula is C14H30N2. The molecule has 1 rings (SSSR count). The molecule has 0 spiro atoms. The Labute approximate surface area is 102 Å². The molecule has 2 atom stereocenters. The molecule has 0 aromatic heterocycles. The molecule has 0 aliphatic heterocycles. The summed E-state index contributed by atoms with van der Waals surface area (Å²) in [5, 5.41) is 0. The van der Waals surface area contributed by atoms with Crippen LogP contribution < -0.4 is 5.73 Å². The molecule has 0 aromatic rings. The lowest BCUT2D eigenvalue weighted by Gasteiger charge is -2.43. The van der Waals surface area contributed by atoms with Crippen LogP contribution in [0.15, 0.2) is 0 Å². The summed E-state index contributed by atoms with van der Waals surface area (Å²) >= 11 is 0. The van der Waals surface area contributed by atoms with E-state index in [1.807, 2.05) is 0 Å². The Morgan fingerprint density at radius 1 is 1.38 bits per heavy atom. The van der Waals surface area contributed by atoms with Crippen LogP contribution in [-0.2, 0) is 0 Å². The van der Waals surface area contributed by atoms with Crippen LogP contribution in [0, 0.1) is 17.3 Å². The van der Waals surface area contributed by atoms with Crippen molar-refractivity contribution in [1.82, 2.24) is 4.90 Å². The second-order valence-corrected chi connectivity index (χ2v) is 7.03. The first-order chi connectivity index (χ1) is 7.23. The quantitative estimate of drug-likeness (QED) is 0.798. The topological polar surface area (TPSA) is 29.3 Å². The number of nitrogens with zero attached hydrogens (tertiary/aromatic N) is 1. The summed E-state index contributed by atoms with van der Waals surface area (Å²) in [7, 11) is 2.25. The SMILES string of the molecule is CC(C)CN(C)C1(CN)CC(C)(C)CC1C. The largest absolute Gasteiger partial charge is 0.329 e. The van der Waals surface area contributed by atoms with Crippen molar-refractivity contribution in [3.05, 3.63) is 0 Å². The molecule has 0 bridgehead atoms. The van der Waals surface area contributed by atoms with Gasteiger partial charge in [0.2, 0.25) is 0 Å². The van der Waals surface area contributed by atoms with Crippen molar-refractivity contribution in [2.75, 3.05) is 20.1 Å². The molecule has 2 heteroatoms. The number of hydrogen-bond donors (Lipinski definition) is 1. The van der Waals surface area contributed by atoms with Gasteiger partial charge in [0.15, 0.2) is 0 Å². The molecule has 2 N–H and O–H groups in total. The van der Waals surface area contributed by atoms with Gasteiger partial charge in [0.25, 0.3) is 0 Å². The zero-order chi connectivity index (χ0) is 12.6. The monoisotopic (exact) mass is 226 g/mol. The fraction of sp³-hybridized carbons (Fsp3) is 1.00. The van der Waals surface area contributed by atoms with E-state index >= 15 is 0 Å². The maximum absolute atomic E-state index is 6.12. The van der Waals surface area contributed by atoms with Crippen molar-refractivity contribution in [2.45, 2.75) is 53.0 Å². The normalized spacial score (nSPS) is 33.9. The Hall–Kier alpha value is -0.0800. The Morgan fingerprint density at radius 3 is 2.25 bits per heavy atom. The van der Waals surface area contributed by atoms with Gasteiger partial charge in [-0.3, -0.25) is 4.90 Å². The highest BCUT2D eigenvalue weighted by Crippen LogP contribution is 2.49. The molecular weight excluding hydrogens is 196 g/mol. The molecule has 2 nitrogen and oxygen atoms in total. The molecule has 0 aromatic carbocycles. The van der Waals surface area contributed by atoms with E-state index in [0.717, 1.165) is 13.1 Å². The molecule has 0 radical (unpaired) electrons. The molecule has 2 unspecified atom stereocenters. The Bertz CT molecular complexity index is 235. The summed E-state index contributed by atoms with van der Waals surface area (Å²) in [6.45, 7) is 13.6. The van der Waals surface area contributed by atoms with E-state index in [1.165, 1.54) is 12.8 Å². The fourth-order valence-electron chi connectivity index (χ4n) is 3.76. The van der Waals surface area contributed by atoms with Gasteiger partial charge in [-0.15, -0.1) is 0 Å². The lowest BCUT2D eigenvalue weighted by atomic mass is 9.84. The second kappa shape index (κ2) is 4.66. The van der Waals surface area contributed by atoms with E-state index in [0.29, 0.717) is 17.3 Å². The molecule has 16 heavy (non-hydrogen) atoms. The fourth-order valence-corrected chi connectivity index (χ4v) is 3.76. The van der Waals surface area contributed by atoms with Crippen LogP contribution in [-0.4, -0.2) is 30.6 Å². The first-order valence-electron chi connectivity index (χ1n) is 6.65. The summed E-state index contributed by atoms with van der Waals surface area (Å²) in [5.74, 6) is 1.42. The van der Waals surface area contributed by atoms with E-state index in [-0.39, 0.29) is 5.54 Å². The second-order valence-electron chi connectivity index (χ2n) is 7.03. The van der Waals surface area contributed by atoms with Gasteiger partial charge in [-0.2, -0.15) is 0 Å². The van der Waals surface area contributed by atoms with Crippen molar-refractivity contribution < 1.29 is 0 Å². The maximum Gasteiger partial charge on any atom is 0.0359 e. The smallest absolute Gasteiger partial charge is 0.0359 e. The first-order valence-corrected chi connectivity index (χ1v) is 6.65. The highest BCUT2D eigenvalue weighted by atomic mass is 15.2. The Balaban J connectivity index is 2.85. The van der Waals surface area contributed by atoms with Crippen molar-refractivity contribution in [1.29, 1.82) is 0 Å². The van der Waals surface area contributed by atoms with Crippen molar-refractivity contribution in [3.63, 3.8) is 0 Å². The summed E-state index contributed by atoms with van der Waals surface area (Å²) in [5.41, 5.74) is 6.79. The predicted molar refractivity (Wildman–Crippen MR) is 71.4 cm³/mol. The third-order valence-electron chi connectivity index (χ3n) is 4.31. The Morgan fingerprint density at radius 2 is 1.94 bits per heavy atom. The summed E-state index contributed by atoms with van der Waals surface area (Å²) < 4.78 is 0. The van der Waals surface area contributed by atoms with Gasteiger partial charge in [-0.1, -0.05) is 34.6 Å². The minimum atomic E-state index is 0.230. The van der Waals surface area contributed by atoms with Crippen LogP contribution in [0.1, 0.15) is 47.5 Å². The Kier molecular flexibility index (Phi) is 4.07. The molecule has 0 saturated heterocycles. The molecule has 0 heterocycles. The first kappa shape index (κ1) is 14.0. The lowest BCUT2D eigenvalue weighted by Crippen LogP contribution is -2.55. The van der Waals surface area contributed by atoms with Crippen LogP contribution in [0.2, 0.25) is 0 Å². The zero-order valence-corrected chi connectivity index (χ0v) is 12.0. The van der Waals surface area contributed by atoms with Gasteiger partial charge >= 0.3 is 0 Å². The zero-order valence-electron chi connectivity index (χ0n) is 12.0. The minimum absolute atomic E-state index is 0.230. The molecule has 96 valence electrons. The van der Waals surface area contributed by atoms with Gasteiger partial charge in [0.05, 0.1) is 0 Å². The number of hydrogen-bond acceptors (Lipinski definition) is 2. The van der Waals surface area contributed by atoms with Crippen LogP contribution in [0.25, 0.3) is 0 Å². The number of likely N-dealkylation sites (N-methyl/N-ethyl adjacent to an activating group) is 1. The van der Waals surface area contributed by atoms with E-state index in [9.17, 15) is 0 Å². The van der Waals surface area contributed by atoms with E-state index < -0.39 is 0 Å². The van der Waals surface area contributed by atoms with Crippen LogP contribution in [0.3, 0.4) is 0 Å². The molecule has 0 amide bonds. The molecule has 1 saturated carbocycles. The number of nitrogens with two attached hydrogens (primary N) is 1. The van der Waals surface area contributed by atoms with Crippen LogP contribution in [0.5, 0.6) is 0 Å². The van der Waals surface area contributed by atoms with Crippen LogP contribution >= 0.6 is 0 Å². The summed E-state index contributed by atoms with van der Waals surface area (Å²) in [6.07, 6.45) is 2.54. The van der Waals surface area contributed by atoms with Gasteiger partial charge < -0.3 is 5.73 Å². The molecule has 1 fully saturated rings. The maximum atomic E-state index is 6.12. The van der Waals surface area contributed by atoms with Crippen LogP contribution in [0.4, 0.5) is 0 Å². The van der Waals surface area contributed by atoms with Crippen molar-refractivity contribution in [3.8, 4) is 0 Å². The van der Waals surface area contributed by atoms with E-state index in [1.54, 1.807) is 0 Å². The standard InChI is InChI=1S/C14H30N2/c1-11(2)8-16(6)14(10-15)9-13(4,5)7-12(14)3/h11-12H,7-10,15H2,1-6H3. The van der Waals surface area contributed by atoms with Gasteiger partial charge in [-0.05, 0) is 37.1 Å². The predicted octanol–water partition coefficient (Wildman–Crippen LogP) is 2.73. The van der Waals surface area contributed by atoms with Gasteiger partial charge in [0, 0.05) is 18.6 Å².